The predicted molar refractivity (Wildman–Crippen MR) is 79.9 cm³/mol. The van der Waals surface area contributed by atoms with Crippen LogP contribution >= 0.6 is 22.9 Å². The third kappa shape index (κ3) is 3.94. The van der Waals surface area contributed by atoms with Crippen molar-refractivity contribution < 1.29 is 4.79 Å². The normalized spacial score (nSPS) is 10.3. The van der Waals surface area contributed by atoms with Crippen molar-refractivity contribution in [3.8, 4) is 0 Å². The van der Waals surface area contributed by atoms with Crippen LogP contribution in [-0.4, -0.2) is 10.9 Å². The Balaban J connectivity index is 2.13. The van der Waals surface area contributed by atoms with E-state index < -0.39 is 0 Å². The second-order valence-electron chi connectivity index (χ2n) is 4.16. The maximum atomic E-state index is 11.2. The van der Waals surface area contributed by atoms with E-state index in [0.29, 0.717) is 11.0 Å². The van der Waals surface area contributed by atoms with Gasteiger partial charge in [-0.25, -0.2) is 4.98 Å². The van der Waals surface area contributed by atoms with Gasteiger partial charge in [0.05, 0.1) is 17.9 Å². The maximum absolute atomic E-state index is 11.2. The van der Waals surface area contributed by atoms with Crippen LogP contribution in [0.1, 0.15) is 17.4 Å². The standard InChI is InChI=1S/C13H14ClN3OS/c1-8-3-4-11(17-9(2)18)12(5-8)15-6-10-7-16-13(14)19-10/h3-5,7,15H,6H2,1-2H3,(H,17,18). The number of nitrogens with one attached hydrogen (secondary N) is 2. The lowest BCUT2D eigenvalue weighted by Crippen LogP contribution is -2.09. The minimum absolute atomic E-state index is 0.0901. The van der Waals surface area contributed by atoms with Gasteiger partial charge in [-0.15, -0.1) is 11.3 Å². The Hall–Kier alpha value is -1.59. The highest BCUT2D eigenvalue weighted by atomic mass is 35.5. The Morgan fingerprint density at radius 1 is 1.42 bits per heavy atom. The van der Waals surface area contributed by atoms with Crippen molar-refractivity contribution in [1.29, 1.82) is 0 Å². The second-order valence-corrected chi connectivity index (χ2v) is 5.86. The van der Waals surface area contributed by atoms with Crippen molar-refractivity contribution in [2.45, 2.75) is 20.4 Å². The lowest BCUT2D eigenvalue weighted by atomic mass is 10.2. The summed E-state index contributed by atoms with van der Waals surface area (Å²) < 4.78 is 0.531. The monoisotopic (exact) mass is 295 g/mol. The summed E-state index contributed by atoms with van der Waals surface area (Å²) in [6.07, 6.45) is 1.74. The van der Waals surface area contributed by atoms with E-state index in [2.05, 4.69) is 15.6 Å². The van der Waals surface area contributed by atoms with Crippen molar-refractivity contribution in [3.05, 3.63) is 39.3 Å². The molecule has 19 heavy (non-hydrogen) atoms. The summed E-state index contributed by atoms with van der Waals surface area (Å²) in [5.74, 6) is -0.0901. The number of carbonyl (C=O) groups excluding carboxylic acids is 1. The molecular formula is C13H14ClN3OS. The summed E-state index contributed by atoms with van der Waals surface area (Å²) in [5, 5.41) is 6.09. The Morgan fingerprint density at radius 3 is 2.84 bits per heavy atom. The van der Waals surface area contributed by atoms with Gasteiger partial charge in [-0.05, 0) is 24.6 Å². The molecule has 1 amide bonds. The zero-order valence-electron chi connectivity index (χ0n) is 10.7. The number of amides is 1. The van der Waals surface area contributed by atoms with Gasteiger partial charge in [0, 0.05) is 18.0 Å². The number of hydrogen-bond acceptors (Lipinski definition) is 4. The molecule has 0 aliphatic rings. The molecule has 0 spiro atoms. The van der Waals surface area contributed by atoms with Gasteiger partial charge in [0.1, 0.15) is 0 Å². The molecule has 1 aromatic carbocycles. The van der Waals surface area contributed by atoms with E-state index in [4.69, 9.17) is 11.6 Å². The first-order chi connectivity index (χ1) is 9.04. The summed E-state index contributed by atoms with van der Waals surface area (Å²) in [6, 6.07) is 5.84. The van der Waals surface area contributed by atoms with Crippen LogP contribution < -0.4 is 10.6 Å². The van der Waals surface area contributed by atoms with Crippen molar-refractivity contribution in [1.82, 2.24) is 4.98 Å². The number of halogens is 1. The molecule has 0 fully saturated rings. The number of aryl methyl sites for hydroxylation is 1. The molecule has 1 heterocycles. The minimum atomic E-state index is -0.0901. The molecule has 0 saturated carbocycles. The molecule has 2 N–H and O–H groups in total. The van der Waals surface area contributed by atoms with Crippen molar-refractivity contribution in [3.63, 3.8) is 0 Å². The molecule has 0 saturated heterocycles. The first kappa shape index (κ1) is 13.8. The number of aromatic nitrogens is 1. The molecule has 2 rings (SSSR count). The van der Waals surface area contributed by atoms with E-state index in [1.54, 1.807) is 6.20 Å². The van der Waals surface area contributed by atoms with Gasteiger partial charge in [0.25, 0.3) is 0 Å². The molecule has 0 unspecified atom stereocenters. The number of benzene rings is 1. The smallest absolute Gasteiger partial charge is 0.221 e. The Kier molecular flexibility index (Phi) is 4.39. The highest BCUT2D eigenvalue weighted by Crippen LogP contribution is 2.25. The summed E-state index contributed by atoms with van der Waals surface area (Å²) in [4.78, 5) is 16.2. The molecular weight excluding hydrogens is 282 g/mol. The van der Waals surface area contributed by atoms with E-state index in [0.717, 1.165) is 21.8 Å². The van der Waals surface area contributed by atoms with E-state index in [1.807, 2.05) is 25.1 Å². The number of carbonyl (C=O) groups is 1. The number of nitrogens with zero attached hydrogens (tertiary/aromatic N) is 1. The molecule has 0 bridgehead atoms. The fourth-order valence-electron chi connectivity index (χ4n) is 1.65. The molecule has 0 aliphatic carbocycles. The quantitative estimate of drug-likeness (QED) is 0.905. The summed E-state index contributed by atoms with van der Waals surface area (Å²) in [5.41, 5.74) is 2.78. The van der Waals surface area contributed by atoms with E-state index in [1.165, 1.54) is 18.3 Å². The van der Waals surface area contributed by atoms with Crippen molar-refractivity contribution in [2.24, 2.45) is 0 Å². The largest absolute Gasteiger partial charge is 0.378 e. The zero-order chi connectivity index (χ0) is 13.8. The Bertz CT molecular complexity index is 597. The van der Waals surface area contributed by atoms with Gasteiger partial charge in [-0.1, -0.05) is 17.7 Å². The minimum Gasteiger partial charge on any atom is -0.378 e. The SMILES string of the molecule is CC(=O)Nc1ccc(C)cc1NCc1cnc(Cl)s1. The summed E-state index contributed by atoms with van der Waals surface area (Å²) >= 11 is 7.23. The zero-order valence-corrected chi connectivity index (χ0v) is 12.2. The molecule has 100 valence electrons. The lowest BCUT2D eigenvalue weighted by Gasteiger charge is -2.12. The number of rotatable bonds is 4. The second kappa shape index (κ2) is 6.04. The van der Waals surface area contributed by atoms with Gasteiger partial charge < -0.3 is 10.6 Å². The average Bonchev–Trinajstić information content (AvgIpc) is 2.75. The van der Waals surface area contributed by atoms with Crippen LogP contribution in [0.2, 0.25) is 4.47 Å². The maximum Gasteiger partial charge on any atom is 0.221 e. The van der Waals surface area contributed by atoms with Gasteiger partial charge in [0.2, 0.25) is 5.91 Å². The van der Waals surface area contributed by atoms with E-state index >= 15 is 0 Å². The molecule has 6 heteroatoms. The molecule has 4 nitrogen and oxygen atoms in total. The van der Waals surface area contributed by atoms with E-state index in [-0.39, 0.29) is 5.91 Å². The fraction of sp³-hybridized carbons (Fsp3) is 0.231. The van der Waals surface area contributed by atoms with Gasteiger partial charge in [-0.2, -0.15) is 0 Å². The number of thiazole rings is 1. The van der Waals surface area contributed by atoms with Crippen molar-refractivity contribution in [2.75, 3.05) is 10.6 Å². The van der Waals surface area contributed by atoms with Gasteiger partial charge >= 0.3 is 0 Å². The highest BCUT2D eigenvalue weighted by Gasteiger charge is 2.05. The molecule has 2 aromatic rings. The third-order valence-electron chi connectivity index (χ3n) is 2.46. The van der Waals surface area contributed by atoms with Crippen LogP contribution in [0.4, 0.5) is 11.4 Å². The van der Waals surface area contributed by atoms with Crippen LogP contribution in [0, 0.1) is 6.92 Å². The topological polar surface area (TPSA) is 54.0 Å². The van der Waals surface area contributed by atoms with Crippen LogP contribution in [-0.2, 0) is 11.3 Å². The average molecular weight is 296 g/mol. The van der Waals surface area contributed by atoms with E-state index in [9.17, 15) is 4.79 Å². The molecule has 0 atom stereocenters. The number of hydrogen-bond donors (Lipinski definition) is 2. The molecule has 1 aromatic heterocycles. The van der Waals surface area contributed by atoms with Crippen LogP contribution in [0.3, 0.4) is 0 Å². The summed E-state index contributed by atoms with van der Waals surface area (Å²) in [7, 11) is 0. The fourth-order valence-corrected chi connectivity index (χ4v) is 2.57. The highest BCUT2D eigenvalue weighted by molar-refractivity contribution is 7.15. The first-order valence-electron chi connectivity index (χ1n) is 5.77. The summed E-state index contributed by atoms with van der Waals surface area (Å²) in [6.45, 7) is 4.12. The third-order valence-corrected chi connectivity index (χ3v) is 3.58. The van der Waals surface area contributed by atoms with Gasteiger partial charge in [0.15, 0.2) is 4.47 Å². The lowest BCUT2D eigenvalue weighted by molar-refractivity contribution is -0.114. The Labute approximate surface area is 120 Å². The van der Waals surface area contributed by atoms with Crippen LogP contribution in [0.5, 0.6) is 0 Å². The van der Waals surface area contributed by atoms with Crippen LogP contribution in [0.25, 0.3) is 0 Å². The van der Waals surface area contributed by atoms with Crippen molar-refractivity contribution >= 4 is 40.2 Å². The predicted octanol–water partition coefficient (Wildman–Crippen LogP) is 3.68. The van der Waals surface area contributed by atoms with Crippen LogP contribution in [0.15, 0.2) is 24.4 Å². The van der Waals surface area contributed by atoms with Gasteiger partial charge in [-0.3, -0.25) is 4.79 Å². The molecule has 0 radical (unpaired) electrons. The first-order valence-corrected chi connectivity index (χ1v) is 6.96. The molecule has 0 aliphatic heterocycles. The number of anilines is 2. The Morgan fingerprint density at radius 2 is 2.21 bits per heavy atom.